The number of rotatable bonds is 6. The summed E-state index contributed by atoms with van der Waals surface area (Å²) in [5, 5.41) is 10.5. The topological polar surface area (TPSA) is 57.6 Å². The molecule has 1 atom stereocenters. The van der Waals surface area contributed by atoms with Crippen LogP contribution in [0.5, 0.6) is 0 Å². The fourth-order valence-corrected chi connectivity index (χ4v) is 5.17. The van der Waals surface area contributed by atoms with Gasteiger partial charge in [0.1, 0.15) is 5.82 Å². The molecular weight excluding hydrogens is 551 g/mol. The average Bonchev–Trinajstić information content (AvgIpc) is 2.85. The van der Waals surface area contributed by atoms with E-state index < -0.39 is 50.5 Å². The van der Waals surface area contributed by atoms with Crippen LogP contribution in [0.2, 0.25) is 0 Å². The van der Waals surface area contributed by atoms with E-state index in [9.17, 15) is 44.3 Å². The van der Waals surface area contributed by atoms with Gasteiger partial charge < -0.3 is 5.11 Å². The molecule has 0 aromatic heterocycles. The lowest BCUT2D eigenvalue weighted by Gasteiger charge is -2.28. The van der Waals surface area contributed by atoms with Crippen LogP contribution in [-0.4, -0.2) is 26.2 Å². The van der Waals surface area contributed by atoms with Crippen molar-refractivity contribution < 1.29 is 44.3 Å². The van der Waals surface area contributed by atoms with Gasteiger partial charge in [0.05, 0.1) is 21.7 Å². The second-order valence-corrected chi connectivity index (χ2v) is 10.8. The molecule has 3 rings (SSSR count). The zero-order valence-corrected chi connectivity index (χ0v) is 21.3. The summed E-state index contributed by atoms with van der Waals surface area (Å²) in [6.07, 6.45) is -10.3. The Labute approximate surface area is 220 Å². The van der Waals surface area contributed by atoms with Gasteiger partial charge in [0.15, 0.2) is 0 Å². The summed E-state index contributed by atoms with van der Waals surface area (Å²) >= 11 is 0. The molecule has 0 spiro atoms. The number of sulfonamides is 1. The van der Waals surface area contributed by atoms with Gasteiger partial charge in [0, 0.05) is 12.1 Å². The molecule has 0 saturated heterocycles. The maximum Gasteiger partial charge on any atom is 0.433 e. The summed E-state index contributed by atoms with van der Waals surface area (Å²) in [5.74, 6) is 1.62. The number of halogens is 7. The molecule has 0 aliphatic heterocycles. The normalized spacial score (nSPS) is 13.9. The molecule has 0 amide bonds. The summed E-state index contributed by atoms with van der Waals surface area (Å²) in [5.41, 5.74) is -6.78. The lowest BCUT2D eigenvalue weighted by Crippen LogP contribution is -2.41. The Hall–Kier alpha value is -3.56. The van der Waals surface area contributed by atoms with Gasteiger partial charge in [-0.1, -0.05) is 50.1 Å². The smallest absolute Gasteiger partial charge is 0.366 e. The van der Waals surface area contributed by atoms with Crippen molar-refractivity contribution in [2.24, 2.45) is 5.92 Å². The average molecular weight is 574 g/mol. The van der Waals surface area contributed by atoms with E-state index in [1.165, 1.54) is 30.2 Å². The molecule has 1 unspecified atom stereocenters. The quantitative estimate of drug-likeness (QED) is 0.271. The van der Waals surface area contributed by atoms with Crippen LogP contribution >= 0.6 is 0 Å². The largest absolute Gasteiger partial charge is 0.433 e. The van der Waals surface area contributed by atoms with Crippen LogP contribution in [0.3, 0.4) is 0 Å². The molecule has 1 N–H and O–H groups in total. The van der Waals surface area contributed by atoms with E-state index in [1.807, 2.05) is 0 Å². The zero-order chi connectivity index (χ0) is 29.2. The van der Waals surface area contributed by atoms with Gasteiger partial charge in [0.2, 0.25) is 5.60 Å². The molecule has 4 nitrogen and oxygen atoms in total. The predicted octanol–water partition coefficient (Wildman–Crippen LogP) is 6.50. The highest BCUT2D eigenvalue weighted by Crippen LogP contribution is 2.40. The number of nitrogens with zero attached hydrogens (tertiary/aromatic N) is 1. The fourth-order valence-electron chi connectivity index (χ4n) is 3.52. The SMILES string of the molecule is CC(C)CN(c1ccc(C(O)(C#Cc2ccc(C(F)(F)F)cc2F)C(F)(F)F)cc1)S(=O)(=O)c1ccccc1. The second-order valence-electron chi connectivity index (χ2n) is 8.94. The van der Waals surface area contributed by atoms with Crippen molar-refractivity contribution in [1.82, 2.24) is 0 Å². The lowest BCUT2D eigenvalue weighted by molar-refractivity contribution is -0.240. The third-order valence-electron chi connectivity index (χ3n) is 5.52. The Balaban J connectivity index is 2.04. The maximum atomic E-state index is 14.1. The Morgan fingerprint density at radius 1 is 0.872 bits per heavy atom. The van der Waals surface area contributed by atoms with Crippen molar-refractivity contribution in [1.29, 1.82) is 0 Å². The summed E-state index contributed by atoms with van der Waals surface area (Å²) < 4.78 is 122. The third kappa shape index (κ3) is 6.54. The number of anilines is 1. The van der Waals surface area contributed by atoms with Crippen LogP contribution in [0.1, 0.15) is 30.5 Å². The van der Waals surface area contributed by atoms with Crippen LogP contribution in [0.15, 0.2) is 77.7 Å². The summed E-state index contributed by atoms with van der Waals surface area (Å²) in [6, 6.07) is 12.3. The Morgan fingerprint density at radius 3 is 1.92 bits per heavy atom. The van der Waals surface area contributed by atoms with Crippen LogP contribution < -0.4 is 4.31 Å². The van der Waals surface area contributed by atoms with Gasteiger partial charge in [-0.15, -0.1) is 0 Å². The van der Waals surface area contributed by atoms with Gasteiger partial charge in [-0.3, -0.25) is 4.31 Å². The first-order valence-electron chi connectivity index (χ1n) is 11.3. The molecular formula is C27H22F7NO3S. The van der Waals surface area contributed by atoms with Gasteiger partial charge in [-0.2, -0.15) is 26.3 Å². The second kappa shape index (κ2) is 10.9. The van der Waals surface area contributed by atoms with Gasteiger partial charge in [-0.25, -0.2) is 12.8 Å². The fraction of sp³-hybridized carbons (Fsp3) is 0.259. The van der Waals surface area contributed by atoms with Crippen molar-refractivity contribution in [3.8, 4) is 11.8 Å². The number of aliphatic hydroxyl groups is 1. The van der Waals surface area contributed by atoms with Gasteiger partial charge in [-0.05, 0) is 54.3 Å². The van der Waals surface area contributed by atoms with Gasteiger partial charge in [0.25, 0.3) is 10.0 Å². The monoisotopic (exact) mass is 573 g/mol. The van der Waals surface area contributed by atoms with Crippen molar-refractivity contribution in [3.63, 3.8) is 0 Å². The van der Waals surface area contributed by atoms with Crippen LogP contribution in [0.25, 0.3) is 0 Å². The number of alkyl halides is 6. The molecule has 0 fully saturated rings. The molecule has 0 aliphatic rings. The first-order chi connectivity index (χ1) is 18.0. The Bertz CT molecular complexity index is 1470. The minimum absolute atomic E-state index is 0.00683. The molecule has 39 heavy (non-hydrogen) atoms. The Morgan fingerprint density at radius 2 is 1.44 bits per heavy atom. The van der Waals surface area contributed by atoms with E-state index in [0.717, 1.165) is 28.6 Å². The van der Waals surface area contributed by atoms with E-state index in [-0.39, 0.29) is 29.1 Å². The van der Waals surface area contributed by atoms with Crippen molar-refractivity contribution >= 4 is 15.7 Å². The van der Waals surface area contributed by atoms with E-state index in [1.54, 1.807) is 25.8 Å². The molecule has 0 aliphatic carbocycles. The van der Waals surface area contributed by atoms with E-state index in [0.29, 0.717) is 12.1 Å². The summed E-state index contributed by atoms with van der Waals surface area (Å²) in [4.78, 5) is -0.0362. The van der Waals surface area contributed by atoms with E-state index in [2.05, 4.69) is 0 Å². The van der Waals surface area contributed by atoms with E-state index >= 15 is 0 Å². The van der Waals surface area contributed by atoms with Crippen LogP contribution in [0, 0.1) is 23.6 Å². The molecule has 0 saturated carbocycles. The Kier molecular flexibility index (Phi) is 8.38. The summed E-state index contributed by atoms with van der Waals surface area (Å²) in [7, 11) is -4.09. The minimum atomic E-state index is -5.41. The zero-order valence-electron chi connectivity index (χ0n) is 20.5. The molecule has 208 valence electrons. The minimum Gasteiger partial charge on any atom is -0.366 e. The van der Waals surface area contributed by atoms with Crippen LogP contribution in [0.4, 0.5) is 36.4 Å². The predicted molar refractivity (Wildman–Crippen MR) is 130 cm³/mol. The van der Waals surface area contributed by atoms with E-state index in [4.69, 9.17) is 0 Å². The first kappa shape index (κ1) is 30.0. The van der Waals surface area contributed by atoms with Crippen LogP contribution in [-0.2, 0) is 21.8 Å². The molecule has 0 heterocycles. The highest BCUT2D eigenvalue weighted by Gasteiger charge is 2.54. The molecule has 3 aromatic rings. The van der Waals surface area contributed by atoms with Crippen molar-refractivity contribution in [3.05, 3.63) is 95.3 Å². The molecule has 3 aromatic carbocycles. The lowest BCUT2D eigenvalue weighted by atomic mass is 9.93. The molecule has 0 bridgehead atoms. The number of hydrogen-bond donors (Lipinski definition) is 1. The number of benzene rings is 3. The highest BCUT2D eigenvalue weighted by atomic mass is 32.2. The van der Waals surface area contributed by atoms with Crippen molar-refractivity contribution in [2.45, 2.75) is 36.7 Å². The standard InChI is InChI=1S/C27H22F7NO3S/c1-18(2)17-35(39(37,38)23-6-4-3-5-7-23)22-12-10-20(11-13-22)25(36,27(32,33)34)15-14-19-8-9-21(16-24(19)28)26(29,30)31/h3-13,16,18,36H,17H2,1-2H3. The highest BCUT2D eigenvalue weighted by molar-refractivity contribution is 7.92. The molecule has 12 heteroatoms. The maximum absolute atomic E-state index is 14.1. The van der Waals surface area contributed by atoms with Gasteiger partial charge >= 0.3 is 12.4 Å². The number of hydrogen-bond acceptors (Lipinski definition) is 3. The van der Waals surface area contributed by atoms with Crippen molar-refractivity contribution in [2.75, 3.05) is 10.8 Å². The molecule has 0 radical (unpaired) electrons. The first-order valence-corrected chi connectivity index (χ1v) is 12.8. The summed E-state index contributed by atoms with van der Waals surface area (Å²) in [6.45, 7) is 3.49. The third-order valence-corrected chi connectivity index (χ3v) is 7.33.